The van der Waals surface area contributed by atoms with Crippen LogP contribution in [0.3, 0.4) is 0 Å². The van der Waals surface area contributed by atoms with Crippen molar-refractivity contribution < 1.29 is 19.1 Å². The van der Waals surface area contributed by atoms with Gasteiger partial charge in [0.15, 0.2) is 11.5 Å². The minimum atomic E-state index is -0.610. The number of nitrogens with one attached hydrogen (secondary N) is 1. The van der Waals surface area contributed by atoms with Crippen LogP contribution >= 0.6 is 0 Å². The molecule has 0 aliphatic carbocycles. The summed E-state index contributed by atoms with van der Waals surface area (Å²) in [6, 6.07) is 13.6. The minimum Gasteiger partial charge on any atom is -0.454 e. The molecular weight excluding hydrogens is 390 g/mol. The fourth-order valence-electron chi connectivity index (χ4n) is 3.67. The summed E-state index contributed by atoms with van der Waals surface area (Å²) in [5.74, 6) is 0.700. The van der Waals surface area contributed by atoms with Crippen LogP contribution < -0.4 is 19.9 Å². The Morgan fingerprint density at radius 2 is 2.07 bits per heavy atom. The number of nitrogens with two attached hydrogens (primary N) is 1. The number of nitriles is 1. The van der Waals surface area contributed by atoms with Crippen molar-refractivity contribution in [1.82, 2.24) is 10.2 Å². The van der Waals surface area contributed by atoms with Crippen molar-refractivity contribution in [3.8, 4) is 34.7 Å². The number of H-pyrrole nitrogens is 1. The predicted octanol–water partition coefficient (Wildman–Crippen LogP) is 2.93. The van der Waals surface area contributed by atoms with Gasteiger partial charge in [0.1, 0.15) is 11.6 Å². The zero-order valence-corrected chi connectivity index (χ0v) is 15.3. The van der Waals surface area contributed by atoms with Crippen LogP contribution in [-0.4, -0.2) is 21.9 Å². The summed E-state index contributed by atoms with van der Waals surface area (Å²) in [5, 5.41) is 28.0. The predicted molar refractivity (Wildman–Crippen MR) is 103 cm³/mol. The maximum atomic E-state index is 11.2. The van der Waals surface area contributed by atoms with Crippen molar-refractivity contribution in [3.63, 3.8) is 0 Å². The van der Waals surface area contributed by atoms with E-state index in [4.69, 9.17) is 19.9 Å². The third-order valence-electron chi connectivity index (χ3n) is 5.01. The van der Waals surface area contributed by atoms with Gasteiger partial charge in [0.05, 0.1) is 22.1 Å². The summed E-state index contributed by atoms with van der Waals surface area (Å²) in [7, 11) is 0. The van der Waals surface area contributed by atoms with Gasteiger partial charge in [0.25, 0.3) is 5.69 Å². The van der Waals surface area contributed by atoms with Gasteiger partial charge in [-0.25, -0.2) is 0 Å². The van der Waals surface area contributed by atoms with E-state index in [2.05, 4.69) is 16.3 Å². The van der Waals surface area contributed by atoms with Crippen molar-refractivity contribution in [1.29, 1.82) is 5.26 Å². The summed E-state index contributed by atoms with van der Waals surface area (Å²) >= 11 is 0. The average molecular weight is 403 g/mol. The highest BCUT2D eigenvalue weighted by molar-refractivity contribution is 5.72. The second-order valence-electron chi connectivity index (χ2n) is 6.66. The third kappa shape index (κ3) is 2.61. The van der Waals surface area contributed by atoms with E-state index in [1.165, 1.54) is 12.1 Å². The maximum absolute atomic E-state index is 11.2. The van der Waals surface area contributed by atoms with Gasteiger partial charge in [-0.15, -0.1) is 5.10 Å². The molecule has 0 saturated heterocycles. The van der Waals surface area contributed by atoms with E-state index in [0.29, 0.717) is 28.3 Å². The summed E-state index contributed by atoms with van der Waals surface area (Å²) < 4.78 is 16.4. The Bertz CT molecular complexity index is 1270. The van der Waals surface area contributed by atoms with Crippen molar-refractivity contribution in [2.45, 2.75) is 5.92 Å². The van der Waals surface area contributed by atoms with Crippen molar-refractivity contribution in [2.75, 3.05) is 6.79 Å². The van der Waals surface area contributed by atoms with Gasteiger partial charge in [0.2, 0.25) is 18.6 Å². The summed E-state index contributed by atoms with van der Waals surface area (Å²) in [6.07, 6.45) is 0. The fourth-order valence-corrected chi connectivity index (χ4v) is 3.67. The Morgan fingerprint density at radius 3 is 2.87 bits per heavy atom. The van der Waals surface area contributed by atoms with Gasteiger partial charge in [-0.2, -0.15) is 5.26 Å². The molecule has 1 atom stereocenters. The number of allylic oxidation sites excluding steroid dienone is 1. The summed E-state index contributed by atoms with van der Waals surface area (Å²) in [5.41, 5.74) is 8.43. The molecule has 1 aromatic heterocycles. The molecule has 0 amide bonds. The molecule has 1 unspecified atom stereocenters. The second kappa shape index (κ2) is 6.52. The Morgan fingerprint density at radius 1 is 1.23 bits per heavy atom. The minimum absolute atomic E-state index is 0.0511. The molecule has 0 saturated carbocycles. The Labute approximate surface area is 169 Å². The largest absolute Gasteiger partial charge is 0.454 e. The molecule has 0 radical (unpaired) electrons. The molecule has 148 valence electrons. The Balaban J connectivity index is 1.71. The van der Waals surface area contributed by atoms with Gasteiger partial charge in [-0.1, -0.05) is 18.2 Å². The zero-order valence-electron chi connectivity index (χ0n) is 15.3. The molecule has 30 heavy (non-hydrogen) atoms. The van der Waals surface area contributed by atoms with E-state index >= 15 is 0 Å². The molecule has 10 nitrogen and oxygen atoms in total. The number of benzene rings is 2. The first-order valence-electron chi connectivity index (χ1n) is 8.87. The van der Waals surface area contributed by atoms with E-state index in [0.717, 1.165) is 5.56 Å². The fraction of sp³-hybridized carbons (Fsp3) is 0.100. The van der Waals surface area contributed by atoms with Crippen LogP contribution in [-0.2, 0) is 0 Å². The van der Waals surface area contributed by atoms with E-state index in [9.17, 15) is 15.4 Å². The van der Waals surface area contributed by atoms with Gasteiger partial charge < -0.3 is 19.9 Å². The van der Waals surface area contributed by atoms with Crippen LogP contribution in [0.15, 0.2) is 53.9 Å². The number of hydrogen-bond acceptors (Lipinski definition) is 8. The van der Waals surface area contributed by atoms with Gasteiger partial charge in [0, 0.05) is 17.7 Å². The van der Waals surface area contributed by atoms with Crippen LogP contribution in [0.25, 0.3) is 11.3 Å². The molecule has 3 aromatic rings. The van der Waals surface area contributed by atoms with Crippen molar-refractivity contribution in [2.24, 2.45) is 5.73 Å². The molecular formula is C20H13N5O5. The molecule has 2 aliphatic rings. The number of aromatic nitrogens is 2. The van der Waals surface area contributed by atoms with Gasteiger partial charge in [-0.3, -0.25) is 15.2 Å². The number of ether oxygens (including phenoxy) is 3. The highest BCUT2D eigenvalue weighted by Crippen LogP contribution is 2.47. The number of rotatable bonds is 3. The highest BCUT2D eigenvalue weighted by Gasteiger charge is 2.36. The third-order valence-corrected chi connectivity index (χ3v) is 5.01. The topological polar surface area (TPSA) is 149 Å². The highest BCUT2D eigenvalue weighted by atomic mass is 16.7. The smallest absolute Gasteiger partial charge is 0.270 e. The number of nitro groups is 1. The Kier molecular flexibility index (Phi) is 3.82. The second-order valence-corrected chi connectivity index (χ2v) is 6.66. The first kappa shape index (κ1) is 17.6. The van der Waals surface area contributed by atoms with Crippen molar-refractivity contribution in [3.05, 3.63) is 75.2 Å². The first-order chi connectivity index (χ1) is 14.6. The van der Waals surface area contributed by atoms with E-state index in [1.54, 1.807) is 24.3 Å². The number of aromatic amines is 1. The molecule has 2 aliphatic heterocycles. The van der Waals surface area contributed by atoms with Crippen LogP contribution in [0.5, 0.6) is 17.4 Å². The van der Waals surface area contributed by atoms with E-state index in [1.807, 2.05) is 6.07 Å². The van der Waals surface area contributed by atoms with Crippen LogP contribution in [0.4, 0.5) is 5.69 Å². The first-order valence-corrected chi connectivity index (χ1v) is 8.87. The maximum Gasteiger partial charge on any atom is 0.270 e. The normalized spacial score (nSPS) is 16.6. The molecule has 0 fully saturated rings. The van der Waals surface area contributed by atoms with Gasteiger partial charge in [-0.05, 0) is 17.7 Å². The van der Waals surface area contributed by atoms with Crippen LogP contribution in [0.2, 0.25) is 0 Å². The number of hydrogen-bond donors (Lipinski definition) is 2. The van der Waals surface area contributed by atoms with Crippen LogP contribution in [0.1, 0.15) is 17.0 Å². The Hall–Kier alpha value is -4.52. The quantitative estimate of drug-likeness (QED) is 0.501. The summed E-state index contributed by atoms with van der Waals surface area (Å²) in [6.45, 7) is 0.117. The molecule has 5 rings (SSSR count). The molecule has 0 spiro atoms. The molecule has 0 bridgehead atoms. The lowest BCUT2D eigenvalue weighted by atomic mass is 9.83. The van der Waals surface area contributed by atoms with E-state index < -0.39 is 10.8 Å². The zero-order chi connectivity index (χ0) is 20.8. The molecule has 3 heterocycles. The SMILES string of the molecule is N#CC1=C(N)Oc2n[nH]c(-c3cccc([N+](=O)[O-])c3)c2C1c1ccc2c(c1)OCO2. The molecule has 10 heteroatoms. The molecule has 2 aromatic carbocycles. The van der Waals surface area contributed by atoms with Crippen molar-refractivity contribution >= 4 is 5.69 Å². The number of non-ortho nitro benzene ring substituents is 1. The lowest BCUT2D eigenvalue weighted by Gasteiger charge is -2.24. The number of fused-ring (bicyclic) bond motifs is 2. The van der Waals surface area contributed by atoms with Gasteiger partial charge >= 0.3 is 0 Å². The molecule has 3 N–H and O–H groups in total. The lowest BCUT2D eigenvalue weighted by Crippen LogP contribution is -2.21. The standard InChI is InChI=1S/C20H13N5O5/c21-8-13-16(10-4-5-14-15(7-10)29-9-28-14)17-18(23-24-20(17)30-19(13)22)11-2-1-3-12(6-11)25(26)27/h1-7,16H,9,22H2,(H,23,24). The van der Waals surface area contributed by atoms with Crippen LogP contribution in [0, 0.1) is 21.4 Å². The lowest BCUT2D eigenvalue weighted by molar-refractivity contribution is -0.384. The number of nitro benzene ring substituents is 1. The number of nitrogens with zero attached hydrogens (tertiary/aromatic N) is 3. The summed E-state index contributed by atoms with van der Waals surface area (Å²) in [4.78, 5) is 10.7. The average Bonchev–Trinajstić information content (AvgIpc) is 3.39. The monoisotopic (exact) mass is 403 g/mol. The van der Waals surface area contributed by atoms with E-state index in [-0.39, 0.29) is 29.8 Å².